The molecule has 0 atom stereocenters. The molecule has 0 spiro atoms. The average Bonchev–Trinajstić information content (AvgIpc) is 3.14. The van der Waals surface area contributed by atoms with E-state index < -0.39 is 5.41 Å². The monoisotopic (exact) mass is 509 g/mol. The van der Waals surface area contributed by atoms with Crippen molar-refractivity contribution in [2.24, 2.45) is 5.41 Å². The van der Waals surface area contributed by atoms with Crippen LogP contribution in [0.3, 0.4) is 0 Å². The van der Waals surface area contributed by atoms with Crippen LogP contribution in [0.4, 0.5) is 5.69 Å². The number of nitrogens with one attached hydrogen (secondary N) is 1. The summed E-state index contributed by atoms with van der Waals surface area (Å²) >= 11 is 12.8. The first-order chi connectivity index (χ1) is 16.7. The maximum atomic E-state index is 11.7. The van der Waals surface area contributed by atoms with Gasteiger partial charge in [-0.3, -0.25) is 0 Å². The number of aromatic nitrogens is 1. The van der Waals surface area contributed by atoms with Crippen molar-refractivity contribution in [1.29, 1.82) is 0 Å². The molecule has 0 aliphatic carbocycles. The SMILES string of the molecule is CN(C)CCNc1c(CC(C)(C)C=O)oc2nc(-c3ccccc3Cl)c(-c3ccc(Cl)cc3)cc12. The molecular weight excluding hydrogens is 481 g/mol. The Labute approximate surface area is 216 Å². The normalized spacial score (nSPS) is 11.9. The average molecular weight is 510 g/mol. The van der Waals surface area contributed by atoms with Gasteiger partial charge in [0.2, 0.25) is 5.71 Å². The lowest BCUT2D eigenvalue weighted by Gasteiger charge is -2.17. The Kier molecular flexibility index (Phi) is 7.50. The highest BCUT2D eigenvalue weighted by Crippen LogP contribution is 2.41. The largest absolute Gasteiger partial charge is 0.440 e. The smallest absolute Gasteiger partial charge is 0.229 e. The number of furan rings is 1. The molecule has 2 aromatic heterocycles. The molecule has 0 amide bonds. The highest BCUT2D eigenvalue weighted by molar-refractivity contribution is 6.33. The fourth-order valence-electron chi connectivity index (χ4n) is 3.96. The van der Waals surface area contributed by atoms with Crippen molar-refractivity contribution < 1.29 is 9.21 Å². The Morgan fingerprint density at radius 3 is 2.43 bits per heavy atom. The molecule has 0 saturated carbocycles. The number of hydrogen-bond acceptors (Lipinski definition) is 5. The van der Waals surface area contributed by atoms with E-state index in [4.69, 9.17) is 32.6 Å². The minimum Gasteiger partial charge on any atom is -0.440 e. The number of carbonyl (C=O) groups is 1. The van der Waals surface area contributed by atoms with E-state index in [0.717, 1.165) is 52.8 Å². The number of benzene rings is 2. The number of pyridine rings is 1. The first kappa shape index (κ1) is 25.2. The van der Waals surface area contributed by atoms with Gasteiger partial charge in [0, 0.05) is 46.1 Å². The van der Waals surface area contributed by atoms with E-state index >= 15 is 0 Å². The van der Waals surface area contributed by atoms with E-state index in [1.165, 1.54) is 0 Å². The van der Waals surface area contributed by atoms with Gasteiger partial charge < -0.3 is 19.4 Å². The maximum Gasteiger partial charge on any atom is 0.229 e. The molecule has 35 heavy (non-hydrogen) atoms. The molecule has 4 rings (SSSR count). The van der Waals surface area contributed by atoms with Gasteiger partial charge in [-0.25, -0.2) is 4.98 Å². The van der Waals surface area contributed by atoms with Gasteiger partial charge in [-0.2, -0.15) is 0 Å². The lowest BCUT2D eigenvalue weighted by atomic mass is 9.89. The lowest BCUT2D eigenvalue weighted by molar-refractivity contribution is -0.114. The van der Waals surface area contributed by atoms with E-state index in [0.29, 0.717) is 27.9 Å². The van der Waals surface area contributed by atoms with Gasteiger partial charge in [0.1, 0.15) is 12.0 Å². The summed E-state index contributed by atoms with van der Waals surface area (Å²) in [6.07, 6.45) is 1.42. The molecular formula is C28H29Cl2N3O2. The Bertz CT molecular complexity index is 1340. The highest BCUT2D eigenvalue weighted by atomic mass is 35.5. The van der Waals surface area contributed by atoms with Crippen LogP contribution in [-0.4, -0.2) is 43.4 Å². The fraction of sp³-hybridized carbons (Fsp3) is 0.286. The van der Waals surface area contributed by atoms with E-state index in [1.54, 1.807) is 0 Å². The summed E-state index contributed by atoms with van der Waals surface area (Å²) in [5.41, 5.74) is 4.21. The summed E-state index contributed by atoms with van der Waals surface area (Å²) in [5, 5.41) is 5.66. The Morgan fingerprint density at radius 2 is 1.77 bits per heavy atom. The number of aldehydes is 1. The van der Waals surface area contributed by atoms with Crippen molar-refractivity contribution >= 4 is 46.3 Å². The van der Waals surface area contributed by atoms with Crippen molar-refractivity contribution in [3.05, 3.63) is 70.4 Å². The molecule has 0 aliphatic heterocycles. The zero-order valence-electron chi connectivity index (χ0n) is 20.4. The molecule has 0 radical (unpaired) electrons. The van der Waals surface area contributed by atoms with Crippen molar-refractivity contribution in [1.82, 2.24) is 9.88 Å². The van der Waals surface area contributed by atoms with Gasteiger partial charge in [-0.1, -0.05) is 67.4 Å². The summed E-state index contributed by atoms with van der Waals surface area (Å²) < 4.78 is 6.30. The van der Waals surface area contributed by atoms with Crippen LogP contribution in [0.1, 0.15) is 19.6 Å². The van der Waals surface area contributed by atoms with Gasteiger partial charge in [-0.15, -0.1) is 0 Å². The van der Waals surface area contributed by atoms with Crippen LogP contribution < -0.4 is 5.32 Å². The van der Waals surface area contributed by atoms with Crippen molar-refractivity contribution in [2.75, 3.05) is 32.5 Å². The minimum absolute atomic E-state index is 0.453. The summed E-state index contributed by atoms with van der Waals surface area (Å²) in [5.74, 6) is 0.710. The first-order valence-corrected chi connectivity index (χ1v) is 12.3. The molecule has 5 nitrogen and oxygen atoms in total. The van der Waals surface area contributed by atoms with Crippen LogP contribution in [0.15, 0.2) is 59.0 Å². The molecule has 0 bridgehead atoms. The second-order valence-corrected chi connectivity index (χ2v) is 10.5. The molecule has 182 valence electrons. The van der Waals surface area contributed by atoms with Crippen molar-refractivity contribution in [3.63, 3.8) is 0 Å². The fourth-order valence-corrected chi connectivity index (χ4v) is 4.31. The third kappa shape index (κ3) is 5.69. The number of halogens is 2. The second-order valence-electron chi connectivity index (χ2n) is 9.64. The van der Waals surface area contributed by atoms with Crippen molar-refractivity contribution in [2.45, 2.75) is 20.3 Å². The topological polar surface area (TPSA) is 58.4 Å². The number of hydrogen-bond donors (Lipinski definition) is 1. The third-order valence-electron chi connectivity index (χ3n) is 5.84. The quantitative estimate of drug-likeness (QED) is 0.241. The van der Waals surface area contributed by atoms with Crippen LogP contribution in [0.2, 0.25) is 10.0 Å². The van der Waals surface area contributed by atoms with E-state index in [9.17, 15) is 4.79 Å². The van der Waals surface area contributed by atoms with Gasteiger partial charge in [-0.05, 0) is 43.9 Å². The number of rotatable bonds is 9. The summed E-state index contributed by atoms with van der Waals surface area (Å²) in [6.45, 7) is 5.37. The molecule has 0 unspecified atom stereocenters. The molecule has 0 aliphatic rings. The highest BCUT2D eigenvalue weighted by Gasteiger charge is 2.26. The molecule has 7 heteroatoms. The first-order valence-electron chi connectivity index (χ1n) is 11.5. The number of likely N-dealkylation sites (N-methyl/N-ethyl adjacent to an activating group) is 1. The molecule has 0 fully saturated rings. The van der Waals surface area contributed by atoms with Gasteiger partial charge >= 0.3 is 0 Å². The summed E-state index contributed by atoms with van der Waals surface area (Å²) in [4.78, 5) is 18.8. The third-order valence-corrected chi connectivity index (χ3v) is 6.42. The van der Waals surface area contributed by atoms with Crippen LogP contribution >= 0.6 is 23.2 Å². The predicted molar refractivity (Wildman–Crippen MR) is 145 cm³/mol. The van der Waals surface area contributed by atoms with E-state index in [1.807, 2.05) is 76.5 Å². The zero-order valence-corrected chi connectivity index (χ0v) is 21.9. The van der Waals surface area contributed by atoms with Crippen LogP contribution in [0, 0.1) is 5.41 Å². The number of nitrogens with zero attached hydrogens (tertiary/aromatic N) is 2. The number of fused-ring (bicyclic) bond motifs is 1. The molecule has 2 aromatic carbocycles. The van der Waals surface area contributed by atoms with Gasteiger partial charge in [0.15, 0.2) is 0 Å². The maximum absolute atomic E-state index is 11.7. The standard InChI is InChI=1S/C28H29Cl2N3O2/c1-28(2,17-34)16-24-26(31-13-14-33(3)4)22-15-21(18-9-11-19(29)12-10-18)25(32-27(22)35-24)20-7-5-6-8-23(20)30/h5-12,15,17,31H,13-14,16H2,1-4H3. The van der Waals surface area contributed by atoms with Gasteiger partial charge in [0.25, 0.3) is 0 Å². The molecule has 4 aromatic rings. The minimum atomic E-state index is -0.573. The summed E-state index contributed by atoms with van der Waals surface area (Å²) in [6, 6.07) is 17.4. The van der Waals surface area contributed by atoms with E-state index in [2.05, 4.69) is 16.3 Å². The molecule has 0 saturated heterocycles. The summed E-state index contributed by atoms with van der Waals surface area (Å²) in [7, 11) is 4.06. The second kappa shape index (κ2) is 10.4. The van der Waals surface area contributed by atoms with Crippen LogP contribution in [0.25, 0.3) is 33.5 Å². The molecule has 1 N–H and O–H groups in total. The Hall–Kier alpha value is -2.86. The van der Waals surface area contributed by atoms with Crippen LogP contribution in [-0.2, 0) is 11.2 Å². The number of carbonyl (C=O) groups excluding carboxylic acids is 1. The zero-order chi connectivity index (χ0) is 25.2. The predicted octanol–water partition coefficient (Wildman–Crippen LogP) is 7.21. The van der Waals surface area contributed by atoms with Gasteiger partial charge in [0.05, 0.1) is 16.8 Å². The Morgan fingerprint density at radius 1 is 1.06 bits per heavy atom. The number of anilines is 1. The van der Waals surface area contributed by atoms with Crippen LogP contribution in [0.5, 0.6) is 0 Å². The Balaban J connectivity index is 1.95. The van der Waals surface area contributed by atoms with E-state index in [-0.39, 0.29) is 0 Å². The van der Waals surface area contributed by atoms with Crippen molar-refractivity contribution in [3.8, 4) is 22.4 Å². The lowest BCUT2D eigenvalue weighted by Crippen LogP contribution is -2.22. The molecule has 2 heterocycles.